The van der Waals surface area contributed by atoms with E-state index in [1.165, 1.54) is 12.1 Å². The number of carboxylic acid groups (broad SMARTS) is 1. The second kappa shape index (κ2) is 3.82. The molecule has 3 N–H and O–H groups in total. The lowest BCUT2D eigenvalue weighted by Crippen LogP contribution is -1.91. The second-order valence-electron chi connectivity index (χ2n) is 3.54. The number of nitrogens with zero attached hydrogens (tertiary/aromatic N) is 1. The first kappa shape index (κ1) is 11.0. The minimum atomic E-state index is -1.22. The minimum absolute atomic E-state index is 0.212. The molecule has 0 bridgehead atoms. The molecule has 17 heavy (non-hydrogen) atoms. The van der Waals surface area contributed by atoms with Crippen LogP contribution in [0.1, 0.15) is 16.1 Å². The highest BCUT2D eigenvalue weighted by Crippen LogP contribution is 2.33. The molecule has 0 spiro atoms. The molecule has 0 amide bonds. The van der Waals surface area contributed by atoms with Gasteiger partial charge < -0.3 is 19.8 Å². The molecule has 0 aliphatic heterocycles. The van der Waals surface area contributed by atoms with Crippen molar-refractivity contribution in [3.05, 3.63) is 29.5 Å². The zero-order valence-electron chi connectivity index (χ0n) is 8.84. The highest BCUT2D eigenvalue weighted by molar-refractivity contribution is 5.85. The molecule has 0 saturated heterocycles. The molecule has 0 saturated carbocycles. The Labute approximate surface area is 95.7 Å². The maximum absolute atomic E-state index is 10.6. The summed E-state index contributed by atoms with van der Waals surface area (Å²) < 4.78 is 4.60. The largest absolute Gasteiger partial charge is 0.504 e. The van der Waals surface area contributed by atoms with Crippen LogP contribution in [0.25, 0.3) is 11.3 Å². The summed E-state index contributed by atoms with van der Waals surface area (Å²) in [6, 6.07) is 4.10. The van der Waals surface area contributed by atoms with Crippen LogP contribution in [0.15, 0.2) is 22.7 Å². The Hall–Kier alpha value is -2.50. The number of phenols is 2. The Morgan fingerprint density at radius 3 is 2.53 bits per heavy atom. The molecule has 0 aliphatic rings. The van der Waals surface area contributed by atoms with Crippen LogP contribution in [0, 0.1) is 6.92 Å². The number of aromatic hydroxyl groups is 2. The van der Waals surface area contributed by atoms with Crippen molar-refractivity contribution < 1.29 is 24.6 Å². The molecule has 2 rings (SSSR count). The van der Waals surface area contributed by atoms with E-state index < -0.39 is 5.97 Å². The fraction of sp³-hybridized carbons (Fsp3) is 0.0909. The van der Waals surface area contributed by atoms with E-state index in [1.54, 1.807) is 13.0 Å². The van der Waals surface area contributed by atoms with Crippen LogP contribution in [-0.2, 0) is 0 Å². The van der Waals surface area contributed by atoms with Crippen molar-refractivity contribution in [2.24, 2.45) is 0 Å². The summed E-state index contributed by atoms with van der Waals surface area (Å²) in [5.74, 6) is -2.01. The average Bonchev–Trinajstić information content (AvgIpc) is 2.74. The van der Waals surface area contributed by atoms with Crippen LogP contribution >= 0.6 is 0 Å². The number of benzene rings is 1. The lowest BCUT2D eigenvalue weighted by atomic mass is 10.1. The highest BCUT2D eigenvalue weighted by atomic mass is 16.5. The van der Waals surface area contributed by atoms with E-state index in [0.29, 0.717) is 11.1 Å². The summed E-state index contributed by atoms with van der Waals surface area (Å²) in [5, 5.41) is 31.1. The molecule has 0 atom stereocenters. The number of carboxylic acids is 1. The van der Waals surface area contributed by atoms with E-state index in [2.05, 4.69) is 9.68 Å². The molecule has 1 aromatic carbocycles. The van der Waals surface area contributed by atoms with Gasteiger partial charge in [0, 0.05) is 11.6 Å². The number of aryl methyl sites for hydroxylation is 1. The first-order valence-electron chi connectivity index (χ1n) is 4.72. The lowest BCUT2D eigenvalue weighted by molar-refractivity contribution is 0.0652. The number of phenolic OH excluding ortho intramolecular Hbond substituents is 2. The summed E-state index contributed by atoms with van der Waals surface area (Å²) in [4.78, 5) is 10.6. The fourth-order valence-corrected chi connectivity index (χ4v) is 1.42. The van der Waals surface area contributed by atoms with Gasteiger partial charge in [-0.3, -0.25) is 0 Å². The van der Waals surface area contributed by atoms with Crippen molar-refractivity contribution in [2.45, 2.75) is 6.92 Å². The van der Waals surface area contributed by atoms with E-state index >= 15 is 0 Å². The van der Waals surface area contributed by atoms with Crippen LogP contribution in [0.3, 0.4) is 0 Å². The zero-order valence-corrected chi connectivity index (χ0v) is 8.84. The second-order valence-corrected chi connectivity index (χ2v) is 3.54. The molecule has 2 aromatic rings. The summed E-state index contributed by atoms with van der Waals surface area (Å²) in [6.45, 7) is 1.61. The van der Waals surface area contributed by atoms with Crippen LogP contribution < -0.4 is 0 Å². The topological polar surface area (TPSA) is 104 Å². The molecule has 6 heteroatoms. The maximum atomic E-state index is 10.6. The van der Waals surface area contributed by atoms with E-state index in [0.717, 1.165) is 0 Å². The number of rotatable bonds is 2. The molecule has 1 aromatic heterocycles. The normalized spacial score (nSPS) is 10.4. The van der Waals surface area contributed by atoms with E-state index in [-0.39, 0.29) is 23.0 Å². The van der Waals surface area contributed by atoms with Gasteiger partial charge in [0.25, 0.3) is 0 Å². The number of aromatic nitrogens is 1. The molecule has 0 unspecified atom stereocenters. The van der Waals surface area contributed by atoms with E-state index in [1.807, 2.05) is 0 Å². The first-order chi connectivity index (χ1) is 7.99. The van der Waals surface area contributed by atoms with Gasteiger partial charge in [0.05, 0.1) is 0 Å². The highest BCUT2D eigenvalue weighted by Gasteiger charge is 2.14. The lowest BCUT2D eigenvalue weighted by Gasteiger charge is -2.03. The van der Waals surface area contributed by atoms with Crippen LogP contribution in [0.4, 0.5) is 0 Å². The third kappa shape index (κ3) is 1.92. The number of hydrogen-bond donors (Lipinski definition) is 3. The van der Waals surface area contributed by atoms with Crippen molar-refractivity contribution in [3.63, 3.8) is 0 Å². The Morgan fingerprint density at radius 1 is 1.29 bits per heavy atom. The summed E-state index contributed by atoms with van der Waals surface area (Å²) in [7, 11) is 0. The molecule has 0 fully saturated rings. The molecular weight excluding hydrogens is 226 g/mol. The van der Waals surface area contributed by atoms with Crippen molar-refractivity contribution >= 4 is 5.97 Å². The van der Waals surface area contributed by atoms with E-state index in [9.17, 15) is 15.0 Å². The summed E-state index contributed by atoms with van der Waals surface area (Å²) >= 11 is 0. The van der Waals surface area contributed by atoms with E-state index in [4.69, 9.17) is 5.11 Å². The van der Waals surface area contributed by atoms with Gasteiger partial charge in [-0.05, 0) is 24.6 Å². The minimum Gasteiger partial charge on any atom is -0.504 e. The van der Waals surface area contributed by atoms with Gasteiger partial charge in [-0.1, -0.05) is 5.16 Å². The molecule has 88 valence electrons. The van der Waals surface area contributed by atoms with Gasteiger partial charge >= 0.3 is 5.97 Å². The summed E-state index contributed by atoms with van der Waals surface area (Å²) in [5.41, 5.74) is 1.20. The Morgan fingerprint density at radius 2 is 2.00 bits per heavy atom. The molecule has 0 radical (unpaired) electrons. The Balaban J connectivity index is 2.49. The smallest absolute Gasteiger partial charge is 0.374 e. The predicted molar refractivity (Wildman–Crippen MR) is 57.0 cm³/mol. The van der Waals surface area contributed by atoms with Crippen LogP contribution in [-0.4, -0.2) is 26.4 Å². The SMILES string of the molecule is Cc1cc(-c2cc(C(=O)O)on2)cc(O)c1O. The summed E-state index contributed by atoms with van der Waals surface area (Å²) in [6.07, 6.45) is 0. The third-order valence-corrected chi connectivity index (χ3v) is 2.30. The van der Waals surface area contributed by atoms with Crippen LogP contribution in [0.5, 0.6) is 11.5 Å². The van der Waals surface area contributed by atoms with Gasteiger partial charge in [-0.2, -0.15) is 0 Å². The molecule has 0 aliphatic carbocycles. The van der Waals surface area contributed by atoms with Gasteiger partial charge in [0.1, 0.15) is 5.69 Å². The first-order valence-corrected chi connectivity index (χ1v) is 4.72. The standard InChI is InChI=1S/C11H9NO5/c1-5-2-6(3-8(13)10(5)14)7-4-9(11(15)16)17-12-7/h2-4,13-14H,1H3,(H,15,16). The third-order valence-electron chi connectivity index (χ3n) is 2.30. The maximum Gasteiger partial charge on any atom is 0.374 e. The zero-order chi connectivity index (χ0) is 12.6. The monoisotopic (exact) mass is 235 g/mol. The van der Waals surface area contributed by atoms with Crippen molar-refractivity contribution in [1.82, 2.24) is 5.16 Å². The van der Waals surface area contributed by atoms with Gasteiger partial charge in [-0.15, -0.1) is 0 Å². The molecular formula is C11H9NO5. The fourth-order valence-electron chi connectivity index (χ4n) is 1.42. The average molecular weight is 235 g/mol. The predicted octanol–water partition coefficient (Wildman–Crippen LogP) is 1.76. The van der Waals surface area contributed by atoms with Crippen LogP contribution in [0.2, 0.25) is 0 Å². The van der Waals surface area contributed by atoms with Gasteiger partial charge in [0.2, 0.25) is 5.76 Å². The molecule has 1 heterocycles. The van der Waals surface area contributed by atoms with Crippen molar-refractivity contribution in [2.75, 3.05) is 0 Å². The molecule has 6 nitrogen and oxygen atoms in total. The Kier molecular flexibility index (Phi) is 2.47. The Bertz CT molecular complexity index is 564. The quantitative estimate of drug-likeness (QED) is 0.685. The van der Waals surface area contributed by atoms with Gasteiger partial charge in [-0.25, -0.2) is 4.79 Å². The number of carbonyl (C=O) groups is 1. The van der Waals surface area contributed by atoms with Crippen molar-refractivity contribution in [3.8, 4) is 22.8 Å². The van der Waals surface area contributed by atoms with Gasteiger partial charge in [0.15, 0.2) is 11.5 Å². The van der Waals surface area contributed by atoms with Crippen molar-refractivity contribution in [1.29, 1.82) is 0 Å². The number of hydrogen-bond acceptors (Lipinski definition) is 5. The number of aromatic carboxylic acids is 1.